The molecule has 1 aliphatic rings. The fourth-order valence-electron chi connectivity index (χ4n) is 3.51. The number of benzene rings is 2. The highest BCUT2D eigenvalue weighted by atomic mass is 16.4. The molecule has 28 heavy (non-hydrogen) atoms. The van der Waals surface area contributed by atoms with Gasteiger partial charge >= 0.3 is 5.97 Å². The molecule has 0 bridgehead atoms. The molecular formula is C22H27N3O3. The first-order chi connectivity index (χ1) is 13.5. The van der Waals surface area contributed by atoms with Crippen LogP contribution in [0.25, 0.3) is 0 Å². The molecular weight excluding hydrogens is 354 g/mol. The highest BCUT2D eigenvalue weighted by Crippen LogP contribution is 2.16. The lowest BCUT2D eigenvalue weighted by Crippen LogP contribution is -2.48. The van der Waals surface area contributed by atoms with Crippen molar-refractivity contribution in [2.75, 3.05) is 38.0 Å². The van der Waals surface area contributed by atoms with Crippen LogP contribution in [0, 0.1) is 0 Å². The predicted molar refractivity (Wildman–Crippen MR) is 110 cm³/mol. The summed E-state index contributed by atoms with van der Waals surface area (Å²) >= 11 is 0. The number of amides is 1. The van der Waals surface area contributed by atoms with Gasteiger partial charge < -0.3 is 10.4 Å². The number of rotatable bonds is 7. The molecule has 2 aromatic rings. The molecule has 148 valence electrons. The zero-order valence-corrected chi connectivity index (χ0v) is 16.2. The average molecular weight is 381 g/mol. The van der Waals surface area contributed by atoms with Crippen molar-refractivity contribution in [3.8, 4) is 0 Å². The molecule has 1 heterocycles. The molecule has 0 atom stereocenters. The Labute approximate surface area is 165 Å². The van der Waals surface area contributed by atoms with Gasteiger partial charge in [-0.05, 0) is 35.7 Å². The van der Waals surface area contributed by atoms with E-state index in [4.69, 9.17) is 5.11 Å². The van der Waals surface area contributed by atoms with Crippen molar-refractivity contribution >= 4 is 17.6 Å². The van der Waals surface area contributed by atoms with Gasteiger partial charge in [-0.25, -0.2) is 4.79 Å². The molecule has 2 aromatic carbocycles. The maximum Gasteiger partial charge on any atom is 0.335 e. The lowest BCUT2D eigenvalue weighted by atomic mass is 10.1. The number of hydrogen-bond donors (Lipinski definition) is 2. The van der Waals surface area contributed by atoms with Gasteiger partial charge in [0.1, 0.15) is 0 Å². The SMILES string of the molecule is CCc1ccccc1NC(=O)CN1CCN(Cc2cccc(C(=O)O)c2)CC1. The number of anilines is 1. The van der Waals surface area contributed by atoms with Crippen LogP contribution in [0.15, 0.2) is 48.5 Å². The molecule has 1 fully saturated rings. The number of para-hydroxylation sites is 1. The second-order valence-electron chi connectivity index (χ2n) is 7.12. The number of carbonyl (C=O) groups is 2. The van der Waals surface area contributed by atoms with Crippen molar-refractivity contribution in [1.82, 2.24) is 9.80 Å². The number of aryl methyl sites for hydroxylation is 1. The molecule has 1 aliphatic heterocycles. The minimum atomic E-state index is -0.901. The third kappa shape index (κ3) is 5.41. The Morgan fingerprint density at radius 2 is 1.71 bits per heavy atom. The van der Waals surface area contributed by atoms with Crippen LogP contribution in [0.2, 0.25) is 0 Å². The van der Waals surface area contributed by atoms with Crippen molar-refractivity contribution in [3.05, 3.63) is 65.2 Å². The van der Waals surface area contributed by atoms with E-state index in [1.807, 2.05) is 30.3 Å². The number of nitrogens with one attached hydrogen (secondary N) is 1. The average Bonchev–Trinajstić information content (AvgIpc) is 2.70. The normalized spacial score (nSPS) is 15.3. The van der Waals surface area contributed by atoms with Gasteiger partial charge in [-0.3, -0.25) is 14.6 Å². The van der Waals surface area contributed by atoms with E-state index < -0.39 is 5.97 Å². The van der Waals surface area contributed by atoms with Gasteiger partial charge in [-0.2, -0.15) is 0 Å². The molecule has 2 N–H and O–H groups in total. The number of carboxylic acid groups (broad SMARTS) is 1. The Morgan fingerprint density at radius 1 is 1.00 bits per heavy atom. The van der Waals surface area contributed by atoms with Crippen molar-refractivity contribution < 1.29 is 14.7 Å². The van der Waals surface area contributed by atoms with Gasteiger partial charge in [0.25, 0.3) is 0 Å². The molecule has 6 nitrogen and oxygen atoms in total. The van der Waals surface area contributed by atoms with Crippen molar-refractivity contribution in [2.45, 2.75) is 19.9 Å². The largest absolute Gasteiger partial charge is 0.478 e. The van der Waals surface area contributed by atoms with Crippen LogP contribution in [0.3, 0.4) is 0 Å². The van der Waals surface area contributed by atoms with Crippen LogP contribution in [0.4, 0.5) is 5.69 Å². The molecule has 0 aromatic heterocycles. The molecule has 0 radical (unpaired) electrons. The summed E-state index contributed by atoms with van der Waals surface area (Å²) in [5.74, 6) is -0.883. The van der Waals surface area contributed by atoms with Crippen molar-refractivity contribution in [1.29, 1.82) is 0 Å². The van der Waals surface area contributed by atoms with Gasteiger partial charge in [0.15, 0.2) is 0 Å². The summed E-state index contributed by atoms with van der Waals surface area (Å²) in [6, 6.07) is 15.0. The number of aromatic carboxylic acids is 1. The second-order valence-corrected chi connectivity index (χ2v) is 7.12. The molecule has 1 saturated heterocycles. The van der Waals surface area contributed by atoms with E-state index in [9.17, 15) is 9.59 Å². The van der Waals surface area contributed by atoms with E-state index in [2.05, 4.69) is 22.0 Å². The van der Waals surface area contributed by atoms with E-state index >= 15 is 0 Å². The Balaban J connectivity index is 1.47. The van der Waals surface area contributed by atoms with Crippen molar-refractivity contribution in [3.63, 3.8) is 0 Å². The van der Waals surface area contributed by atoms with E-state index in [0.29, 0.717) is 12.1 Å². The van der Waals surface area contributed by atoms with E-state index in [1.165, 1.54) is 0 Å². The predicted octanol–water partition coefficient (Wildman–Crippen LogP) is 2.70. The van der Waals surface area contributed by atoms with Gasteiger partial charge in [-0.1, -0.05) is 37.3 Å². The highest BCUT2D eigenvalue weighted by molar-refractivity contribution is 5.93. The third-order valence-corrected chi connectivity index (χ3v) is 5.08. The quantitative estimate of drug-likeness (QED) is 0.772. The number of nitrogens with zero attached hydrogens (tertiary/aromatic N) is 2. The monoisotopic (exact) mass is 381 g/mol. The molecule has 3 rings (SSSR count). The van der Waals surface area contributed by atoms with Gasteiger partial charge in [-0.15, -0.1) is 0 Å². The second kappa shape index (κ2) is 9.48. The van der Waals surface area contributed by atoms with Crippen LogP contribution < -0.4 is 5.32 Å². The first-order valence-corrected chi connectivity index (χ1v) is 9.70. The number of piperazine rings is 1. The summed E-state index contributed by atoms with van der Waals surface area (Å²) < 4.78 is 0. The van der Waals surface area contributed by atoms with Gasteiger partial charge in [0.2, 0.25) is 5.91 Å². The van der Waals surface area contributed by atoms with Crippen LogP contribution in [-0.2, 0) is 17.8 Å². The van der Waals surface area contributed by atoms with Gasteiger partial charge in [0, 0.05) is 38.4 Å². The first kappa shape index (κ1) is 20.0. The Morgan fingerprint density at radius 3 is 2.43 bits per heavy atom. The molecule has 0 spiro atoms. The summed E-state index contributed by atoms with van der Waals surface area (Å²) in [5, 5.41) is 12.1. The smallest absolute Gasteiger partial charge is 0.335 e. The lowest BCUT2D eigenvalue weighted by Gasteiger charge is -2.34. The minimum absolute atomic E-state index is 0.0171. The molecule has 6 heteroatoms. The third-order valence-electron chi connectivity index (χ3n) is 5.08. The van der Waals surface area contributed by atoms with Crippen LogP contribution in [-0.4, -0.2) is 59.5 Å². The minimum Gasteiger partial charge on any atom is -0.478 e. The molecule has 0 unspecified atom stereocenters. The maximum atomic E-state index is 12.4. The van der Waals surface area contributed by atoms with Crippen LogP contribution in [0.1, 0.15) is 28.4 Å². The van der Waals surface area contributed by atoms with E-state index in [0.717, 1.165) is 56.0 Å². The van der Waals surface area contributed by atoms with E-state index in [-0.39, 0.29) is 5.91 Å². The fourth-order valence-corrected chi connectivity index (χ4v) is 3.51. The first-order valence-electron chi connectivity index (χ1n) is 9.70. The van der Waals surface area contributed by atoms with Crippen LogP contribution >= 0.6 is 0 Å². The zero-order chi connectivity index (χ0) is 19.9. The number of hydrogen-bond acceptors (Lipinski definition) is 4. The molecule has 0 saturated carbocycles. The lowest BCUT2D eigenvalue weighted by molar-refractivity contribution is -0.117. The zero-order valence-electron chi connectivity index (χ0n) is 16.2. The fraction of sp³-hybridized carbons (Fsp3) is 0.364. The Kier molecular flexibility index (Phi) is 6.79. The van der Waals surface area contributed by atoms with E-state index in [1.54, 1.807) is 18.2 Å². The molecule has 0 aliphatic carbocycles. The standard InChI is InChI=1S/C22H27N3O3/c1-2-18-7-3-4-9-20(18)23-21(26)16-25-12-10-24(11-13-25)15-17-6-5-8-19(14-17)22(27)28/h3-9,14H,2,10-13,15-16H2,1H3,(H,23,26)(H,27,28). The summed E-state index contributed by atoms with van der Waals surface area (Å²) in [7, 11) is 0. The topological polar surface area (TPSA) is 72.9 Å². The summed E-state index contributed by atoms with van der Waals surface area (Å²) in [5.41, 5.74) is 3.36. The maximum absolute atomic E-state index is 12.4. The van der Waals surface area contributed by atoms with Crippen LogP contribution in [0.5, 0.6) is 0 Å². The number of carboxylic acids is 1. The highest BCUT2D eigenvalue weighted by Gasteiger charge is 2.19. The Hall–Kier alpha value is -2.70. The summed E-state index contributed by atoms with van der Waals surface area (Å²) in [4.78, 5) is 28.0. The van der Waals surface area contributed by atoms with Gasteiger partial charge in [0.05, 0.1) is 12.1 Å². The summed E-state index contributed by atoms with van der Waals surface area (Å²) in [6.07, 6.45) is 0.887. The Bertz CT molecular complexity index is 829. The van der Waals surface area contributed by atoms with Crippen molar-refractivity contribution in [2.24, 2.45) is 0 Å². The molecule has 1 amide bonds. The summed E-state index contributed by atoms with van der Waals surface area (Å²) in [6.45, 7) is 6.55. The number of carbonyl (C=O) groups excluding carboxylic acids is 1.